The largest absolute Gasteiger partial charge is 0.469 e. The zero-order valence-corrected chi connectivity index (χ0v) is 11.4. The number of esters is 1. The first-order valence-corrected chi connectivity index (χ1v) is 6.30. The summed E-state index contributed by atoms with van der Waals surface area (Å²) >= 11 is 0. The minimum Gasteiger partial charge on any atom is -0.469 e. The summed E-state index contributed by atoms with van der Waals surface area (Å²) in [7, 11) is 1.29. The lowest BCUT2D eigenvalue weighted by Crippen LogP contribution is -2.38. The highest BCUT2D eigenvalue weighted by atomic mass is 16.5. The highest BCUT2D eigenvalue weighted by Gasteiger charge is 2.14. The van der Waals surface area contributed by atoms with Crippen molar-refractivity contribution in [3.8, 4) is 0 Å². The molecule has 0 saturated heterocycles. The highest BCUT2D eigenvalue weighted by molar-refractivity contribution is 5.70. The van der Waals surface area contributed by atoms with Gasteiger partial charge in [0.1, 0.15) is 6.61 Å². The van der Waals surface area contributed by atoms with Gasteiger partial charge in [-0.2, -0.15) is 0 Å². The Bertz CT molecular complexity index is 421. The molecule has 0 aromatic heterocycles. The summed E-state index contributed by atoms with van der Waals surface area (Å²) < 4.78 is 9.51. The number of aliphatic hydroxyl groups is 1. The zero-order chi connectivity index (χ0) is 14.8. The molecule has 20 heavy (non-hydrogen) atoms. The van der Waals surface area contributed by atoms with Gasteiger partial charge in [-0.3, -0.25) is 4.79 Å². The van der Waals surface area contributed by atoms with Crippen molar-refractivity contribution in [3.05, 3.63) is 35.9 Å². The van der Waals surface area contributed by atoms with Gasteiger partial charge in [0, 0.05) is 6.42 Å². The third-order valence-corrected chi connectivity index (χ3v) is 2.68. The van der Waals surface area contributed by atoms with Gasteiger partial charge < -0.3 is 19.9 Å². The summed E-state index contributed by atoms with van der Waals surface area (Å²) in [6.45, 7) is -0.112. The van der Waals surface area contributed by atoms with Gasteiger partial charge >= 0.3 is 12.1 Å². The fraction of sp³-hybridized carbons (Fsp3) is 0.429. The van der Waals surface area contributed by atoms with Crippen molar-refractivity contribution >= 4 is 12.1 Å². The van der Waals surface area contributed by atoms with Crippen LogP contribution in [-0.2, 0) is 20.9 Å². The van der Waals surface area contributed by atoms with Gasteiger partial charge in [0.25, 0.3) is 0 Å². The second kappa shape index (κ2) is 8.92. The first kappa shape index (κ1) is 16.0. The lowest BCUT2D eigenvalue weighted by molar-refractivity contribution is -0.140. The van der Waals surface area contributed by atoms with E-state index in [0.29, 0.717) is 6.42 Å². The van der Waals surface area contributed by atoms with Crippen molar-refractivity contribution in [1.82, 2.24) is 5.32 Å². The van der Waals surface area contributed by atoms with Crippen molar-refractivity contribution in [1.29, 1.82) is 0 Å². The summed E-state index contributed by atoms with van der Waals surface area (Å²) in [4.78, 5) is 22.5. The Morgan fingerprint density at radius 2 is 2.00 bits per heavy atom. The van der Waals surface area contributed by atoms with Crippen LogP contribution in [0.1, 0.15) is 18.4 Å². The van der Waals surface area contributed by atoms with Crippen LogP contribution in [0.3, 0.4) is 0 Å². The van der Waals surface area contributed by atoms with Gasteiger partial charge in [0.05, 0.1) is 19.8 Å². The van der Waals surface area contributed by atoms with Crippen molar-refractivity contribution in [2.75, 3.05) is 13.7 Å². The molecule has 6 nitrogen and oxygen atoms in total. The molecule has 0 aliphatic rings. The summed E-state index contributed by atoms with van der Waals surface area (Å²) in [6, 6.07) is 8.73. The number of aliphatic hydroxyl groups excluding tert-OH is 1. The van der Waals surface area contributed by atoms with Crippen LogP contribution in [0.4, 0.5) is 4.79 Å². The van der Waals surface area contributed by atoms with Crippen molar-refractivity contribution in [3.63, 3.8) is 0 Å². The first-order valence-electron chi connectivity index (χ1n) is 6.30. The molecule has 0 aliphatic carbocycles. The summed E-state index contributed by atoms with van der Waals surface area (Å²) in [5.41, 5.74) is 0.873. The molecule has 1 rings (SSSR count). The zero-order valence-electron chi connectivity index (χ0n) is 11.4. The molecule has 0 spiro atoms. The quantitative estimate of drug-likeness (QED) is 0.734. The molecule has 1 atom stereocenters. The molecule has 110 valence electrons. The molecule has 0 saturated carbocycles. The van der Waals surface area contributed by atoms with Crippen LogP contribution in [0.25, 0.3) is 0 Å². The Morgan fingerprint density at radius 1 is 1.30 bits per heavy atom. The van der Waals surface area contributed by atoms with Crippen LogP contribution in [0, 0.1) is 0 Å². The maximum Gasteiger partial charge on any atom is 0.407 e. The Hall–Kier alpha value is -2.08. The lowest BCUT2D eigenvalue weighted by atomic mass is 10.2. The van der Waals surface area contributed by atoms with Gasteiger partial charge in [-0.25, -0.2) is 4.79 Å². The van der Waals surface area contributed by atoms with Gasteiger partial charge in [0.2, 0.25) is 0 Å². The molecule has 0 bridgehead atoms. The predicted octanol–water partition coefficient (Wildman–Crippen LogP) is 1.23. The van der Waals surface area contributed by atoms with Crippen molar-refractivity contribution in [2.45, 2.75) is 25.5 Å². The van der Waals surface area contributed by atoms with E-state index in [0.717, 1.165) is 5.56 Å². The standard InChI is InChI=1S/C14H19NO5/c1-19-13(17)8-7-12(9-16)15-14(18)20-10-11-5-3-2-4-6-11/h2-6,12,16H,7-10H2,1H3,(H,15,18)/t12-/m0/s1. The van der Waals surface area contributed by atoms with Crippen LogP contribution in [0.5, 0.6) is 0 Å². The molecule has 1 aromatic carbocycles. The van der Waals surface area contributed by atoms with E-state index in [1.165, 1.54) is 7.11 Å². The molecule has 0 radical (unpaired) electrons. The minimum atomic E-state index is -0.627. The van der Waals surface area contributed by atoms with Crippen LogP contribution in [0.2, 0.25) is 0 Å². The lowest BCUT2D eigenvalue weighted by Gasteiger charge is -2.15. The number of rotatable bonds is 7. The van der Waals surface area contributed by atoms with E-state index >= 15 is 0 Å². The number of carbonyl (C=O) groups excluding carboxylic acids is 2. The van der Waals surface area contributed by atoms with Gasteiger partial charge in [0.15, 0.2) is 0 Å². The maximum atomic E-state index is 11.5. The van der Waals surface area contributed by atoms with Crippen LogP contribution < -0.4 is 5.32 Å². The Kier molecular flexibility index (Phi) is 7.13. The molecule has 2 N–H and O–H groups in total. The van der Waals surface area contributed by atoms with Crippen LogP contribution >= 0.6 is 0 Å². The summed E-state index contributed by atoms with van der Waals surface area (Å²) in [5.74, 6) is -0.386. The highest BCUT2D eigenvalue weighted by Crippen LogP contribution is 2.02. The van der Waals surface area contributed by atoms with E-state index in [9.17, 15) is 9.59 Å². The number of carbonyl (C=O) groups is 2. The molecular formula is C14H19NO5. The van der Waals surface area contributed by atoms with E-state index < -0.39 is 12.1 Å². The van der Waals surface area contributed by atoms with Crippen molar-refractivity contribution < 1.29 is 24.2 Å². The Balaban J connectivity index is 2.30. The van der Waals surface area contributed by atoms with E-state index in [1.54, 1.807) is 0 Å². The summed E-state index contributed by atoms with van der Waals surface area (Å²) in [5, 5.41) is 11.6. The number of ether oxygens (including phenoxy) is 2. The number of hydrogen-bond donors (Lipinski definition) is 2. The van der Waals surface area contributed by atoms with Crippen LogP contribution in [0.15, 0.2) is 30.3 Å². The number of nitrogens with one attached hydrogen (secondary N) is 1. The average molecular weight is 281 g/mol. The van der Waals surface area contributed by atoms with Crippen molar-refractivity contribution in [2.24, 2.45) is 0 Å². The predicted molar refractivity (Wildman–Crippen MR) is 71.9 cm³/mol. The number of methoxy groups -OCH3 is 1. The van der Waals surface area contributed by atoms with E-state index in [2.05, 4.69) is 10.1 Å². The topological polar surface area (TPSA) is 84.9 Å². The van der Waals surface area contributed by atoms with E-state index in [4.69, 9.17) is 9.84 Å². The molecular weight excluding hydrogens is 262 g/mol. The molecule has 0 unspecified atom stereocenters. The molecule has 1 amide bonds. The first-order chi connectivity index (χ1) is 9.65. The average Bonchev–Trinajstić information content (AvgIpc) is 2.49. The molecule has 1 aromatic rings. The normalized spacial score (nSPS) is 11.5. The van der Waals surface area contributed by atoms with Crippen LogP contribution in [-0.4, -0.2) is 36.9 Å². The second-order valence-corrected chi connectivity index (χ2v) is 4.20. The number of hydrogen-bond acceptors (Lipinski definition) is 5. The maximum absolute atomic E-state index is 11.5. The van der Waals surface area contributed by atoms with Gasteiger partial charge in [-0.1, -0.05) is 30.3 Å². The van der Waals surface area contributed by atoms with Gasteiger partial charge in [-0.05, 0) is 12.0 Å². The molecule has 0 heterocycles. The van der Waals surface area contributed by atoms with E-state index in [1.807, 2.05) is 30.3 Å². The Morgan fingerprint density at radius 3 is 2.60 bits per heavy atom. The number of amides is 1. The number of benzene rings is 1. The number of alkyl carbamates (subject to hydrolysis) is 1. The smallest absolute Gasteiger partial charge is 0.407 e. The fourth-order valence-corrected chi connectivity index (χ4v) is 1.53. The molecule has 0 fully saturated rings. The van der Waals surface area contributed by atoms with E-state index in [-0.39, 0.29) is 25.6 Å². The third-order valence-electron chi connectivity index (χ3n) is 2.68. The SMILES string of the molecule is COC(=O)CC[C@@H](CO)NC(=O)OCc1ccccc1. The van der Waals surface area contributed by atoms with Gasteiger partial charge in [-0.15, -0.1) is 0 Å². The second-order valence-electron chi connectivity index (χ2n) is 4.20. The monoisotopic (exact) mass is 281 g/mol. The molecule has 0 aliphatic heterocycles. The summed E-state index contributed by atoms with van der Waals surface area (Å²) in [6.07, 6.45) is -0.206. The third kappa shape index (κ3) is 6.19. The fourth-order valence-electron chi connectivity index (χ4n) is 1.53. The molecule has 6 heteroatoms. The minimum absolute atomic E-state index is 0.126. The Labute approximate surface area is 117 Å².